The van der Waals surface area contributed by atoms with Crippen LogP contribution in [0.2, 0.25) is 0 Å². The van der Waals surface area contributed by atoms with Crippen LogP contribution in [-0.4, -0.2) is 5.91 Å². The van der Waals surface area contributed by atoms with Gasteiger partial charge in [-0.2, -0.15) is 5.26 Å². The first kappa shape index (κ1) is 22.1. The summed E-state index contributed by atoms with van der Waals surface area (Å²) in [5.74, 6) is 1.00. The Hall–Kier alpha value is -3.10. The maximum Gasteiger partial charge on any atom is 0.256 e. The summed E-state index contributed by atoms with van der Waals surface area (Å²) in [6, 6.07) is 19.4. The van der Waals surface area contributed by atoms with Crippen molar-refractivity contribution in [3.8, 4) is 11.8 Å². The lowest BCUT2D eigenvalue weighted by atomic mass is 9.72. The van der Waals surface area contributed by atoms with E-state index in [1.807, 2.05) is 42.5 Å². The van der Waals surface area contributed by atoms with Gasteiger partial charge in [0.1, 0.15) is 23.4 Å². The molecule has 0 fully saturated rings. The van der Waals surface area contributed by atoms with E-state index in [9.17, 15) is 10.1 Å². The van der Waals surface area contributed by atoms with E-state index >= 15 is 0 Å². The smallest absolute Gasteiger partial charge is 0.256 e. The normalized spacial score (nSPS) is 15.5. The third-order valence-electron chi connectivity index (χ3n) is 6.17. The minimum atomic E-state index is -0.224. The SMILES string of the molecule is CC(C)(C)[C@H]1CCc2c(sc(NC(=O)c3cccc(OCc4ccccc4)c3)c2C#N)C1. The quantitative estimate of drug-likeness (QED) is 0.482. The Kier molecular flexibility index (Phi) is 6.34. The number of amides is 1. The number of carbonyl (C=O) groups excluding carboxylic acids is 1. The van der Waals surface area contributed by atoms with Crippen LogP contribution in [0.25, 0.3) is 0 Å². The van der Waals surface area contributed by atoms with Gasteiger partial charge in [-0.3, -0.25) is 4.79 Å². The third-order valence-corrected chi connectivity index (χ3v) is 7.34. The van der Waals surface area contributed by atoms with Crippen molar-refractivity contribution >= 4 is 22.2 Å². The minimum absolute atomic E-state index is 0.224. The lowest BCUT2D eigenvalue weighted by Gasteiger charge is -2.33. The Morgan fingerprint density at radius 2 is 1.97 bits per heavy atom. The predicted molar refractivity (Wildman–Crippen MR) is 129 cm³/mol. The minimum Gasteiger partial charge on any atom is -0.489 e. The molecule has 1 amide bonds. The van der Waals surface area contributed by atoms with E-state index in [0.717, 1.165) is 30.4 Å². The average molecular weight is 445 g/mol. The van der Waals surface area contributed by atoms with E-state index < -0.39 is 0 Å². The summed E-state index contributed by atoms with van der Waals surface area (Å²) in [5.41, 5.74) is 3.56. The number of anilines is 1. The first-order valence-electron chi connectivity index (χ1n) is 11.0. The van der Waals surface area contributed by atoms with Gasteiger partial charge in [0, 0.05) is 10.4 Å². The molecule has 1 aliphatic rings. The molecule has 5 heteroatoms. The van der Waals surface area contributed by atoms with Gasteiger partial charge in [0.25, 0.3) is 5.91 Å². The van der Waals surface area contributed by atoms with Gasteiger partial charge in [0.05, 0.1) is 5.56 Å². The number of benzene rings is 2. The van der Waals surface area contributed by atoms with Crippen molar-refractivity contribution in [1.29, 1.82) is 5.26 Å². The third kappa shape index (κ3) is 4.87. The largest absolute Gasteiger partial charge is 0.489 e. The molecule has 4 rings (SSSR count). The highest BCUT2D eigenvalue weighted by atomic mass is 32.1. The number of fused-ring (bicyclic) bond motifs is 1. The molecule has 3 aromatic rings. The van der Waals surface area contributed by atoms with Crippen molar-refractivity contribution in [3.05, 3.63) is 81.7 Å². The molecule has 0 aliphatic heterocycles. The van der Waals surface area contributed by atoms with Crippen molar-refractivity contribution in [2.45, 2.75) is 46.6 Å². The average Bonchev–Trinajstić information content (AvgIpc) is 3.14. The number of nitriles is 1. The summed E-state index contributed by atoms with van der Waals surface area (Å²) < 4.78 is 5.86. The van der Waals surface area contributed by atoms with Gasteiger partial charge in [0.2, 0.25) is 0 Å². The number of thiophene rings is 1. The summed E-state index contributed by atoms with van der Waals surface area (Å²) in [4.78, 5) is 14.2. The molecule has 1 N–H and O–H groups in total. The monoisotopic (exact) mass is 444 g/mol. The number of hydrogen-bond acceptors (Lipinski definition) is 4. The topological polar surface area (TPSA) is 62.1 Å². The number of ether oxygens (including phenoxy) is 1. The number of nitrogens with one attached hydrogen (secondary N) is 1. The molecule has 164 valence electrons. The maximum atomic E-state index is 13.0. The molecular formula is C27H28N2O2S. The Morgan fingerprint density at radius 3 is 2.69 bits per heavy atom. The zero-order chi connectivity index (χ0) is 22.7. The molecular weight excluding hydrogens is 416 g/mol. The van der Waals surface area contributed by atoms with Crippen LogP contribution < -0.4 is 10.1 Å². The zero-order valence-corrected chi connectivity index (χ0v) is 19.6. The second kappa shape index (κ2) is 9.18. The lowest BCUT2D eigenvalue weighted by Crippen LogP contribution is -2.26. The van der Waals surface area contributed by atoms with Gasteiger partial charge < -0.3 is 10.1 Å². The molecule has 1 atom stereocenters. The first-order valence-corrected chi connectivity index (χ1v) is 11.8. The van der Waals surface area contributed by atoms with Crippen LogP contribution in [0.5, 0.6) is 5.75 Å². The van der Waals surface area contributed by atoms with Crippen LogP contribution in [0, 0.1) is 22.7 Å². The van der Waals surface area contributed by atoms with E-state index in [2.05, 4.69) is 32.2 Å². The summed E-state index contributed by atoms with van der Waals surface area (Å²) in [5, 5.41) is 13.4. The molecule has 1 heterocycles. The van der Waals surface area contributed by atoms with Crippen LogP contribution in [0.4, 0.5) is 5.00 Å². The standard InChI is InChI=1S/C27H28N2O2S/c1-27(2,3)20-12-13-22-23(16-28)26(32-24(22)15-20)29-25(30)19-10-7-11-21(14-19)31-17-18-8-5-4-6-9-18/h4-11,14,20H,12-13,15,17H2,1-3H3,(H,29,30)/t20-/m0/s1. The van der Waals surface area contributed by atoms with Gasteiger partial charge in [0.15, 0.2) is 0 Å². The molecule has 0 saturated carbocycles. The van der Waals surface area contributed by atoms with Gasteiger partial charge in [-0.25, -0.2) is 0 Å². The van der Waals surface area contributed by atoms with Crippen molar-refractivity contribution in [2.75, 3.05) is 5.32 Å². The van der Waals surface area contributed by atoms with Crippen molar-refractivity contribution < 1.29 is 9.53 Å². The van der Waals surface area contributed by atoms with Crippen LogP contribution in [0.1, 0.15) is 59.1 Å². The van der Waals surface area contributed by atoms with Crippen LogP contribution in [0.3, 0.4) is 0 Å². The molecule has 2 aromatic carbocycles. The highest BCUT2D eigenvalue weighted by Gasteiger charge is 2.32. The molecule has 0 unspecified atom stereocenters. The lowest BCUT2D eigenvalue weighted by molar-refractivity contribution is 0.102. The highest BCUT2D eigenvalue weighted by Crippen LogP contribution is 2.44. The fourth-order valence-corrected chi connectivity index (χ4v) is 5.45. The Labute approximate surface area is 193 Å². The summed E-state index contributed by atoms with van der Waals surface area (Å²) in [6.45, 7) is 7.27. The van der Waals surface area contributed by atoms with Crippen molar-refractivity contribution in [2.24, 2.45) is 11.3 Å². The number of carbonyl (C=O) groups is 1. The number of hydrogen-bond donors (Lipinski definition) is 1. The molecule has 0 spiro atoms. The number of nitrogens with zero attached hydrogens (tertiary/aromatic N) is 1. The zero-order valence-electron chi connectivity index (χ0n) is 18.8. The molecule has 4 nitrogen and oxygen atoms in total. The van der Waals surface area contributed by atoms with Crippen LogP contribution in [0.15, 0.2) is 54.6 Å². The Bertz CT molecular complexity index is 1150. The fraction of sp³-hybridized carbons (Fsp3) is 0.333. The van der Waals surface area contributed by atoms with Gasteiger partial charge in [-0.05, 0) is 59.9 Å². The molecule has 0 saturated heterocycles. The Morgan fingerprint density at radius 1 is 1.19 bits per heavy atom. The summed E-state index contributed by atoms with van der Waals surface area (Å²) in [7, 11) is 0. The van der Waals surface area contributed by atoms with Crippen LogP contribution >= 0.6 is 11.3 Å². The predicted octanol–water partition coefficient (Wildman–Crippen LogP) is 6.60. The summed E-state index contributed by atoms with van der Waals surface area (Å²) in [6.07, 6.45) is 2.95. The van der Waals surface area contributed by atoms with Gasteiger partial charge >= 0.3 is 0 Å². The fourth-order valence-electron chi connectivity index (χ4n) is 4.17. The molecule has 32 heavy (non-hydrogen) atoms. The second-order valence-corrected chi connectivity index (χ2v) is 10.5. The molecule has 0 radical (unpaired) electrons. The maximum absolute atomic E-state index is 13.0. The van der Waals surface area contributed by atoms with E-state index in [4.69, 9.17) is 4.74 Å². The van der Waals surface area contributed by atoms with Gasteiger partial charge in [-0.15, -0.1) is 11.3 Å². The number of rotatable bonds is 5. The Balaban J connectivity index is 1.49. The van der Waals surface area contributed by atoms with Crippen molar-refractivity contribution in [1.82, 2.24) is 0 Å². The van der Waals surface area contributed by atoms with E-state index in [1.54, 1.807) is 23.5 Å². The molecule has 1 aliphatic carbocycles. The molecule has 0 bridgehead atoms. The van der Waals surface area contributed by atoms with Crippen molar-refractivity contribution in [3.63, 3.8) is 0 Å². The van der Waals surface area contributed by atoms with Gasteiger partial charge in [-0.1, -0.05) is 57.2 Å². The van der Waals surface area contributed by atoms with E-state index in [1.165, 1.54) is 4.88 Å². The van der Waals surface area contributed by atoms with E-state index in [-0.39, 0.29) is 11.3 Å². The molecule has 1 aromatic heterocycles. The van der Waals surface area contributed by atoms with Crippen LogP contribution in [-0.2, 0) is 19.4 Å². The van der Waals surface area contributed by atoms with E-state index in [0.29, 0.717) is 34.4 Å². The first-order chi connectivity index (χ1) is 15.3. The highest BCUT2D eigenvalue weighted by molar-refractivity contribution is 7.16. The summed E-state index contributed by atoms with van der Waals surface area (Å²) >= 11 is 1.56. The second-order valence-electron chi connectivity index (χ2n) is 9.38.